The second-order valence-electron chi connectivity index (χ2n) is 11.1. The van der Waals surface area contributed by atoms with Crippen LogP contribution in [0.1, 0.15) is 19.3 Å². The first-order valence-electron chi connectivity index (χ1n) is 13.9. The predicted octanol–water partition coefficient (Wildman–Crippen LogP) is 5.20. The molecule has 2 atom stereocenters. The van der Waals surface area contributed by atoms with Crippen molar-refractivity contribution < 1.29 is 23.7 Å². The quantitative estimate of drug-likeness (QED) is 0.323. The Balaban J connectivity index is 1.41. The molecule has 3 fully saturated rings. The molecule has 3 aromatic rings. The fourth-order valence-electron chi connectivity index (χ4n) is 6.05. The number of nitrogens with zero attached hydrogens (tertiary/aromatic N) is 4. The van der Waals surface area contributed by atoms with E-state index in [2.05, 4.69) is 21.8 Å². The maximum atomic E-state index is 12.0. The number of anilines is 2. The zero-order valence-electron chi connectivity index (χ0n) is 23.6. The average molecular weight is 615 g/mol. The predicted molar refractivity (Wildman–Crippen MR) is 162 cm³/mol. The number of hydrogen-bond acceptors (Lipinski definition) is 10. The van der Waals surface area contributed by atoms with Crippen LogP contribution in [0.3, 0.4) is 0 Å². The molecule has 10 nitrogen and oxygen atoms in total. The monoisotopic (exact) mass is 613 g/mol. The summed E-state index contributed by atoms with van der Waals surface area (Å²) in [4.78, 5) is 28.9. The fraction of sp³-hybridized carbons (Fsp3) is 0.467. The number of methoxy groups -OCH3 is 2. The minimum Gasteiger partial charge on any atom is -0.495 e. The van der Waals surface area contributed by atoms with Gasteiger partial charge in [-0.05, 0) is 25.0 Å². The van der Waals surface area contributed by atoms with Crippen LogP contribution in [0, 0.1) is 11.3 Å². The van der Waals surface area contributed by atoms with Gasteiger partial charge in [0.15, 0.2) is 11.6 Å². The highest BCUT2D eigenvalue weighted by atomic mass is 35.5. The van der Waals surface area contributed by atoms with E-state index in [-0.39, 0.29) is 23.2 Å². The normalized spacial score (nSPS) is 21.3. The SMILES string of the molecule is C=CC(=O)C[C@H]1COC[C@H]1Nc1ncc2cc(-c3c(Cl)c(OC)cc(OC)c3Cl)nc(N3CC4(CCOCC4)C3)c2n1. The van der Waals surface area contributed by atoms with E-state index < -0.39 is 0 Å². The van der Waals surface area contributed by atoms with Crippen LogP contribution < -0.4 is 19.7 Å². The first-order chi connectivity index (χ1) is 20.3. The van der Waals surface area contributed by atoms with Crippen LogP contribution in [0.4, 0.5) is 11.8 Å². The molecular weight excluding hydrogens is 581 g/mol. The zero-order chi connectivity index (χ0) is 29.4. The second kappa shape index (κ2) is 11.8. The minimum absolute atomic E-state index is 0.00542. The van der Waals surface area contributed by atoms with E-state index >= 15 is 0 Å². The summed E-state index contributed by atoms with van der Waals surface area (Å²) in [7, 11) is 3.08. The number of rotatable bonds is 9. The molecule has 6 rings (SSSR count). The molecule has 0 aliphatic carbocycles. The molecule has 0 radical (unpaired) electrons. The smallest absolute Gasteiger partial charge is 0.223 e. The van der Waals surface area contributed by atoms with Crippen molar-refractivity contribution in [1.29, 1.82) is 0 Å². The summed E-state index contributed by atoms with van der Waals surface area (Å²) in [6, 6.07) is 3.44. The van der Waals surface area contributed by atoms with Crippen molar-refractivity contribution in [2.24, 2.45) is 11.3 Å². The first-order valence-corrected chi connectivity index (χ1v) is 14.7. The van der Waals surface area contributed by atoms with Crippen LogP contribution >= 0.6 is 23.2 Å². The Morgan fingerprint density at radius 2 is 1.83 bits per heavy atom. The van der Waals surface area contributed by atoms with Crippen molar-refractivity contribution >= 4 is 51.7 Å². The fourth-order valence-corrected chi connectivity index (χ4v) is 6.75. The molecule has 0 unspecified atom stereocenters. The molecule has 1 aromatic carbocycles. The molecule has 3 saturated heterocycles. The Hall–Kier alpha value is -3.18. The number of ether oxygens (including phenoxy) is 4. The lowest BCUT2D eigenvalue weighted by atomic mass is 9.73. The van der Waals surface area contributed by atoms with Crippen molar-refractivity contribution in [1.82, 2.24) is 15.0 Å². The van der Waals surface area contributed by atoms with Crippen molar-refractivity contribution in [3.05, 3.63) is 41.0 Å². The van der Waals surface area contributed by atoms with Crippen molar-refractivity contribution in [3.8, 4) is 22.8 Å². The summed E-state index contributed by atoms with van der Waals surface area (Å²) < 4.78 is 22.3. The van der Waals surface area contributed by atoms with Crippen LogP contribution in [-0.2, 0) is 14.3 Å². The number of carbonyl (C=O) groups excluding carboxylic acids is 1. The van der Waals surface area contributed by atoms with Crippen LogP contribution in [0.15, 0.2) is 31.0 Å². The van der Waals surface area contributed by atoms with Gasteiger partial charge < -0.3 is 29.2 Å². The summed E-state index contributed by atoms with van der Waals surface area (Å²) in [5.41, 5.74) is 1.99. The van der Waals surface area contributed by atoms with Gasteiger partial charge in [-0.15, -0.1) is 0 Å². The third kappa shape index (κ3) is 5.37. The minimum atomic E-state index is -0.0987. The number of aromatic nitrogens is 3. The highest BCUT2D eigenvalue weighted by molar-refractivity contribution is 6.41. The van der Waals surface area contributed by atoms with Gasteiger partial charge in [0.1, 0.15) is 17.0 Å². The van der Waals surface area contributed by atoms with E-state index in [1.165, 1.54) is 6.08 Å². The summed E-state index contributed by atoms with van der Waals surface area (Å²) >= 11 is 13.6. The maximum absolute atomic E-state index is 12.0. The molecule has 222 valence electrons. The lowest BCUT2D eigenvalue weighted by Gasteiger charge is -2.52. The number of pyridine rings is 1. The molecule has 5 heterocycles. The van der Waals surface area contributed by atoms with E-state index in [9.17, 15) is 4.79 Å². The number of carbonyl (C=O) groups is 1. The van der Waals surface area contributed by atoms with Crippen LogP contribution in [-0.4, -0.2) is 80.5 Å². The Bertz CT molecular complexity index is 1490. The lowest BCUT2D eigenvalue weighted by Crippen LogP contribution is -2.59. The lowest BCUT2D eigenvalue weighted by molar-refractivity contribution is -0.115. The molecule has 0 amide bonds. The van der Waals surface area contributed by atoms with Gasteiger partial charge in [-0.25, -0.2) is 15.0 Å². The first kappa shape index (κ1) is 28.9. The molecule has 1 spiro atoms. The number of halogens is 2. The Labute approximate surface area is 254 Å². The number of nitrogens with one attached hydrogen (secondary N) is 1. The van der Waals surface area contributed by atoms with E-state index in [4.69, 9.17) is 52.1 Å². The average Bonchev–Trinajstić information content (AvgIpc) is 3.42. The highest BCUT2D eigenvalue weighted by Crippen LogP contribution is 2.48. The molecule has 42 heavy (non-hydrogen) atoms. The van der Waals surface area contributed by atoms with Crippen LogP contribution in [0.5, 0.6) is 11.5 Å². The van der Waals surface area contributed by atoms with Gasteiger partial charge in [-0.3, -0.25) is 4.79 Å². The molecule has 3 aliphatic heterocycles. The van der Waals surface area contributed by atoms with Gasteiger partial charge in [0.25, 0.3) is 0 Å². The Morgan fingerprint density at radius 1 is 1.12 bits per heavy atom. The standard InChI is InChI=1S/C30H33Cl2N5O5/c1-4-19(38)9-18-13-42-14-21(18)35-29-33-12-17-10-20(24-25(31)22(39-2)11-23(40-3)26(24)32)34-28(27(17)36-29)37-15-30(16-37)5-7-41-8-6-30/h4,10-12,18,21H,1,5-9,13-16H2,2-3H3,(H,33,35,36)/t18-,21+/m0/s1. The van der Waals surface area contributed by atoms with Gasteiger partial charge in [0.05, 0.1) is 49.2 Å². The Kier molecular flexibility index (Phi) is 8.15. The number of ketones is 1. The van der Waals surface area contributed by atoms with Crippen LogP contribution in [0.2, 0.25) is 10.0 Å². The molecule has 2 aromatic heterocycles. The van der Waals surface area contributed by atoms with Crippen molar-refractivity contribution in [3.63, 3.8) is 0 Å². The Morgan fingerprint density at radius 3 is 2.50 bits per heavy atom. The molecule has 0 saturated carbocycles. The van der Waals surface area contributed by atoms with Gasteiger partial charge in [0, 0.05) is 67.3 Å². The summed E-state index contributed by atoms with van der Waals surface area (Å²) in [5.74, 6) is 2.03. The maximum Gasteiger partial charge on any atom is 0.223 e. The largest absolute Gasteiger partial charge is 0.495 e. The zero-order valence-corrected chi connectivity index (χ0v) is 25.1. The number of hydrogen-bond donors (Lipinski definition) is 1. The molecule has 1 N–H and O–H groups in total. The molecular formula is C30H33Cl2N5O5. The second-order valence-corrected chi connectivity index (χ2v) is 11.9. The van der Waals surface area contributed by atoms with Crippen molar-refractivity contribution in [2.45, 2.75) is 25.3 Å². The number of benzene rings is 1. The van der Waals surface area contributed by atoms with E-state index in [1.807, 2.05) is 6.07 Å². The number of allylic oxidation sites excluding steroid dienone is 1. The van der Waals surface area contributed by atoms with Gasteiger partial charge in [-0.1, -0.05) is 29.8 Å². The van der Waals surface area contributed by atoms with E-state index in [0.29, 0.717) is 63.9 Å². The van der Waals surface area contributed by atoms with Gasteiger partial charge in [0.2, 0.25) is 5.95 Å². The van der Waals surface area contributed by atoms with Crippen molar-refractivity contribution in [2.75, 3.05) is 64.0 Å². The molecule has 0 bridgehead atoms. The van der Waals surface area contributed by atoms with Gasteiger partial charge in [-0.2, -0.15) is 0 Å². The van der Waals surface area contributed by atoms with Gasteiger partial charge >= 0.3 is 0 Å². The van der Waals surface area contributed by atoms with E-state index in [0.717, 1.165) is 50.3 Å². The molecule has 12 heteroatoms. The van der Waals surface area contributed by atoms with Crippen LogP contribution in [0.25, 0.3) is 22.2 Å². The third-order valence-electron chi connectivity index (χ3n) is 8.49. The van der Waals surface area contributed by atoms with E-state index in [1.54, 1.807) is 26.5 Å². The topological polar surface area (TPSA) is 108 Å². The number of fused-ring (bicyclic) bond motifs is 1. The summed E-state index contributed by atoms with van der Waals surface area (Å²) in [5, 5.41) is 4.85. The molecule has 3 aliphatic rings. The third-order valence-corrected chi connectivity index (χ3v) is 9.24. The highest BCUT2D eigenvalue weighted by Gasteiger charge is 2.45. The summed E-state index contributed by atoms with van der Waals surface area (Å²) in [6.45, 7) is 7.78. The summed E-state index contributed by atoms with van der Waals surface area (Å²) in [6.07, 6.45) is 5.50.